The highest BCUT2D eigenvalue weighted by Gasteiger charge is 2.13. The van der Waals surface area contributed by atoms with Gasteiger partial charge in [-0.05, 0) is 18.9 Å². The zero-order valence-electron chi connectivity index (χ0n) is 14.3. The molecule has 0 spiro atoms. The number of aliphatic hydroxyl groups is 3. The zero-order valence-corrected chi connectivity index (χ0v) is 14.3. The maximum absolute atomic E-state index is 11.8. The van der Waals surface area contributed by atoms with Gasteiger partial charge in [-0.2, -0.15) is 0 Å². The van der Waals surface area contributed by atoms with E-state index in [2.05, 4.69) is 6.92 Å². The van der Waals surface area contributed by atoms with Gasteiger partial charge in [-0.25, -0.2) is 0 Å². The number of carbonyl (C=O) groups is 1. The van der Waals surface area contributed by atoms with E-state index < -0.39 is 12.7 Å². The molecule has 3 N–H and O–H groups in total. The van der Waals surface area contributed by atoms with Crippen LogP contribution in [0.15, 0.2) is 11.3 Å². The van der Waals surface area contributed by atoms with Gasteiger partial charge in [0.25, 0.3) is 0 Å². The number of rotatable bonds is 14. The molecular formula is C18H34O4. The van der Waals surface area contributed by atoms with Gasteiger partial charge in [0.2, 0.25) is 0 Å². The summed E-state index contributed by atoms with van der Waals surface area (Å²) in [4.78, 5) is 11.8. The van der Waals surface area contributed by atoms with Crippen LogP contribution < -0.4 is 0 Å². The lowest BCUT2D eigenvalue weighted by Crippen LogP contribution is -2.17. The molecule has 0 rings (SSSR count). The smallest absolute Gasteiger partial charge is 0.137 e. The van der Waals surface area contributed by atoms with Crippen molar-refractivity contribution >= 4 is 5.78 Å². The van der Waals surface area contributed by atoms with E-state index in [1.54, 1.807) is 6.92 Å². The summed E-state index contributed by atoms with van der Waals surface area (Å²) in [5.74, 6) is -0.194. The molecule has 0 aromatic heterocycles. The summed E-state index contributed by atoms with van der Waals surface area (Å²) in [6, 6.07) is 0. The first-order valence-corrected chi connectivity index (χ1v) is 8.72. The Bertz CT molecular complexity index is 323. The van der Waals surface area contributed by atoms with E-state index in [1.807, 2.05) is 0 Å². The molecule has 0 saturated carbocycles. The standard InChI is InChI=1S/C18H34O4/c1-3-4-5-6-7-8-9-10-11-12-16(20)13-15(2)18(22)17(21)14-19/h17,19,21-22H,3-14H2,1-2H3/b18-15+. The third-order valence-electron chi connectivity index (χ3n) is 3.95. The van der Waals surface area contributed by atoms with Gasteiger partial charge in [-0.15, -0.1) is 0 Å². The molecule has 0 fully saturated rings. The molecule has 0 heterocycles. The summed E-state index contributed by atoms with van der Waals surface area (Å²) >= 11 is 0. The Morgan fingerprint density at radius 2 is 1.45 bits per heavy atom. The van der Waals surface area contributed by atoms with Crippen molar-refractivity contribution in [2.45, 2.75) is 90.6 Å². The van der Waals surface area contributed by atoms with Crippen LogP contribution in [-0.2, 0) is 4.79 Å². The minimum absolute atomic E-state index is 0.0807. The lowest BCUT2D eigenvalue weighted by atomic mass is 10.0. The third kappa shape index (κ3) is 10.8. The molecule has 0 aliphatic rings. The van der Waals surface area contributed by atoms with Crippen molar-refractivity contribution in [2.24, 2.45) is 0 Å². The summed E-state index contributed by atoms with van der Waals surface area (Å²) in [7, 11) is 0. The Kier molecular flexibility index (Phi) is 13.2. The van der Waals surface area contributed by atoms with E-state index in [4.69, 9.17) is 5.11 Å². The van der Waals surface area contributed by atoms with E-state index in [0.29, 0.717) is 12.0 Å². The van der Waals surface area contributed by atoms with Crippen LogP contribution in [-0.4, -0.2) is 33.8 Å². The van der Waals surface area contributed by atoms with Crippen molar-refractivity contribution in [3.05, 3.63) is 11.3 Å². The lowest BCUT2D eigenvalue weighted by molar-refractivity contribution is -0.118. The molecule has 0 aromatic rings. The van der Waals surface area contributed by atoms with Gasteiger partial charge in [0.05, 0.1) is 6.61 Å². The SMILES string of the molecule is CCCCCCCCCCCC(=O)C/C(C)=C(/O)C(O)CO. The molecule has 1 unspecified atom stereocenters. The highest BCUT2D eigenvalue weighted by Crippen LogP contribution is 2.14. The summed E-state index contributed by atoms with van der Waals surface area (Å²) in [5, 5.41) is 27.6. The maximum Gasteiger partial charge on any atom is 0.137 e. The Morgan fingerprint density at radius 3 is 1.95 bits per heavy atom. The molecule has 0 aromatic carbocycles. The Balaban J connectivity index is 3.66. The maximum atomic E-state index is 11.8. The molecule has 22 heavy (non-hydrogen) atoms. The Morgan fingerprint density at radius 1 is 0.955 bits per heavy atom. The molecule has 0 aliphatic heterocycles. The molecule has 0 aliphatic carbocycles. The number of ketones is 1. The number of hydrogen-bond acceptors (Lipinski definition) is 4. The Hall–Kier alpha value is -0.870. The van der Waals surface area contributed by atoms with E-state index >= 15 is 0 Å². The predicted molar refractivity (Wildman–Crippen MR) is 89.9 cm³/mol. The van der Waals surface area contributed by atoms with Crippen LogP contribution >= 0.6 is 0 Å². The van der Waals surface area contributed by atoms with Gasteiger partial charge in [-0.3, -0.25) is 4.79 Å². The van der Waals surface area contributed by atoms with Crippen molar-refractivity contribution in [1.82, 2.24) is 0 Å². The van der Waals surface area contributed by atoms with E-state index in [1.165, 1.54) is 44.9 Å². The minimum atomic E-state index is -1.28. The van der Waals surface area contributed by atoms with Crippen LogP contribution in [0.2, 0.25) is 0 Å². The van der Waals surface area contributed by atoms with E-state index in [9.17, 15) is 15.0 Å². The third-order valence-corrected chi connectivity index (χ3v) is 3.95. The molecule has 4 nitrogen and oxygen atoms in total. The number of hydrogen-bond donors (Lipinski definition) is 3. The second kappa shape index (κ2) is 13.8. The van der Waals surface area contributed by atoms with Crippen molar-refractivity contribution in [1.29, 1.82) is 0 Å². The highest BCUT2D eigenvalue weighted by atomic mass is 16.3. The van der Waals surface area contributed by atoms with Crippen LogP contribution in [0.5, 0.6) is 0 Å². The van der Waals surface area contributed by atoms with Gasteiger partial charge in [0.1, 0.15) is 17.6 Å². The Labute approximate surface area is 135 Å². The van der Waals surface area contributed by atoms with Gasteiger partial charge in [0.15, 0.2) is 0 Å². The molecule has 4 heteroatoms. The topological polar surface area (TPSA) is 77.8 Å². The molecule has 130 valence electrons. The quantitative estimate of drug-likeness (QED) is 0.334. The van der Waals surface area contributed by atoms with Crippen molar-refractivity contribution in [3.8, 4) is 0 Å². The van der Waals surface area contributed by atoms with Gasteiger partial charge in [-0.1, -0.05) is 58.3 Å². The number of aliphatic hydroxyl groups excluding tert-OH is 3. The average Bonchev–Trinajstić information content (AvgIpc) is 2.51. The fourth-order valence-electron chi connectivity index (χ4n) is 2.48. The monoisotopic (exact) mass is 314 g/mol. The molecule has 1 atom stereocenters. The van der Waals surface area contributed by atoms with Gasteiger partial charge in [0, 0.05) is 12.8 Å². The first-order valence-electron chi connectivity index (χ1n) is 8.72. The second-order valence-electron chi connectivity index (χ2n) is 6.16. The average molecular weight is 314 g/mol. The zero-order chi connectivity index (χ0) is 16.8. The van der Waals surface area contributed by atoms with Gasteiger partial charge < -0.3 is 15.3 Å². The molecule has 0 amide bonds. The molecule has 0 radical (unpaired) electrons. The van der Waals surface area contributed by atoms with Crippen LogP contribution in [0.25, 0.3) is 0 Å². The van der Waals surface area contributed by atoms with Crippen molar-refractivity contribution < 1.29 is 20.1 Å². The van der Waals surface area contributed by atoms with E-state index in [-0.39, 0.29) is 18.0 Å². The number of allylic oxidation sites excluding steroid dienone is 1. The normalized spacial score (nSPS) is 13.8. The number of carbonyl (C=O) groups excluding carboxylic acids is 1. The summed E-state index contributed by atoms with van der Waals surface area (Å²) in [5.41, 5.74) is 0.447. The van der Waals surface area contributed by atoms with Crippen molar-refractivity contribution in [3.63, 3.8) is 0 Å². The largest absolute Gasteiger partial charge is 0.510 e. The number of Topliss-reactive ketones (excluding diaryl/α,β-unsaturated/α-hetero) is 1. The fraction of sp³-hybridized carbons (Fsp3) is 0.833. The molecular weight excluding hydrogens is 280 g/mol. The first kappa shape index (κ1) is 21.1. The first-order chi connectivity index (χ1) is 10.5. The number of unbranched alkanes of at least 4 members (excludes halogenated alkanes) is 8. The lowest BCUT2D eigenvalue weighted by Gasteiger charge is -2.10. The van der Waals surface area contributed by atoms with Crippen LogP contribution in [0.1, 0.15) is 84.5 Å². The van der Waals surface area contributed by atoms with Crippen LogP contribution in [0.3, 0.4) is 0 Å². The predicted octanol–water partition coefficient (Wildman–Crippen LogP) is 4.05. The second-order valence-corrected chi connectivity index (χ2v) is 6.16. The minimum Gasteiger partial charge on any atom is -0.510 e. The van der Waals surface area contributed by atoms with Gasteiger partial charge >= 0.3 is 0 Å². The summed E-state index contributed by atoms with van der Waals surface area (Å²) < 4.78 is 0. The van der Waals surface area contributed by atoms with Crippen LogP contribution in [0, 0.1) is 0 Å². The highest BCUT2D eigenvalue weighted by molar-refractivity contribution is 5.80. The summed E-state index contributed by atoms with van der Waals surface area (Å²) in [6.07, 6.45) is 10.4. The van der Waals surface area contributed by atoms with Crippen LogP contribution in [0.4, 0.5) is 0 Å². The summed E-state index contributed by atoms with van der Waals surface area (Å²) in [6.45, 7) is 3.30. The van der Waals surface area contributed by atoms with Crippen molar-refractivity contribution in [2.75, 3.05) is 6.61 Å². The fourth-order valence-corrected chi connectivity index (χ4v) is 2.48. The van der Waals surface area contributed by atoms with E-state index in [0.717, 1.165) is 12.8 Å². The molecule has 0 saturated heterocycles. The molecule has 0 bridgehead atoms.